The van der Waals surface area contributed by atoms with Crippen molar-refractivity contribution in [3.63, 3.8) is 0 Å². The molecule has 0 spiro atoms. The third-order valence-corrected chi connectivity index (χ3v) is 2.74. The number of nitrogens with two attached hydrogens (primary N) is 1. The largest absolute Gasteiger partial charge is 0.352 e. The number of rotatable bonds is 4. The minimum Gasteiger partial charge on any atom is -0.352 e. The van der Waals surface area contributed by atoms with E-state index in [-0.39, 0.29) is 21.7 Å². The zero-order chi connectivity index (χ0) is 13.0. The maximum absolute atomic E-state index is 13.2. The summed E-state index contributed by atoms with van der Waals surface area (Å²) >= 11 is 11.3. The number of carbonyl (C=O) groups excluding carboxylic acids is 1. The third kappa shape index (κ3) is 4.15. The SMILES string of the molecule is CC(N)CCNC(=O)c1cc(F)c(Cl)cc1Cl. The van der Waals surface area contributed by atoms with E-state index in [0.717, 1.165) is 6.07 Å². The van der Waals surface area contributed by atoms with Crippen LogP contribution >= 0.6 is 23.2 Å². The Morgan fingerprint density at radius 1 is 1.47 bits per heavy atom. The zero-order valence-corrected chi connectivity index (χ0v) is 10.8. The standard InChI is InChI=1S/C11H13Cl2FN2O/c1-6(15)2-3-16-11(17)7-4-10(14)9(13)5-8(7)12/h4-6H,2-3,15H2,1H3,(H,16,17). The van der Waals surface area contributed by atoms with Gasteiger partial charge in [0, 0.05) is 12.6 Å². The molecule has 1 atom stereocenters. The van der Waals surface area contributed by atoms with Gasteiger partial charge in [0.25, 0.3) is 5.91 Å². The summed E-state index contributed by atoms with van der Waals surface area (Å²) < 4.78 is 13.2. The van der Waals surface area contributed by atoms with Crippen molar-refractivity contribution in [3.8, 4) is 0 Å². The number of carbonyl (C=O) groups is 1. The van der Waals surface area contributed by atoms with Crippen molar-refractivity contribution in [2.75, 3.05) is 6.54 Å². The van der Waals surface area contributed by atoms with Gasteiger partial charge < -0.3 is 11.1 Å². The molecule has 6 heteroatoms. The minimum atomic E-state index is -0.673. The number of nitrogens with one attached hydrogen (secondary N) is 1. The highest BCUT2D eigenvalue weighted by Crippen LogP contribution is 2.24. The van der Waals surface area contributed by atoms with E-state index in [9.17, 15) is 9.18 Å². The van der Waals surface area contributed by atoms with Crippen LogP contribution in [0.4, 0.5) is 4.39 Å². The summed E-state index contributed by atoms with van der Waals surface area (Å²) in [6, 6.07) is 2.22. The first kappa shape index (κ1) is 14.2. The minimum absolute atomic E-state index is 0.00674. The molecule has 0 aliphatic heterocycles. The van der Waals surface area contributed by atoms with Crippen molar-refractivity contribution in [1.29, 1.82) is 0 Å². The maximum atomic E-state index is 13.2. The lowest BCUT2D eigenvalue weighted by Crippen LogP contribution is -2.29. The molecule has 1 aromatic rings. The highest BCUT2D eigenvalue weighted by Gasteiger charge is 2.13. The van der Waals surface area contributed by atoms with Gasteiger partial charge in [-0.3, -0.25) is 4.79 Å². The topological polar surface area (TPSA) is 55.1 Å². The quantitative estimate of drug-likeness (QED) is 0.832. The fourth-order valence-electron chi connectivity index (χ4n) is 1.21. The first-order valence-electron chi connectivity index (χ1n) is 5.10. The molecule has 0 saturated heterocycles. The lowest BCUT2D eigenvalue weighted by atomic mass is 10.2. The van der Waals surface area contributed by atoms with Crippen molar-refractivity contribution < 1.29 is 9.18 Å². The van der Waals surface area contributed by atoms with E-state index >= 15 is 0 Å². The lowest BCUT2D eigenvalue weighted by Gasteiger charge is -2.09. The van der Waals surface area contributed by atoms with Gasteiger partial charge in [-0.15, -0.1) is 0 Å². The van der Waals surface area contributed by atoms with Crippen LogP contribution in [0, 0.1) is 5.82 Å². The first-order valence-corrected chi connectivity index (χ1v) is 5.85. The Balaban J connectivity index is 2.72. The van der Waals surface area contributed by atoms with Gasteiger partial charge in [-0.2, -0.15) is 0 Å². The van der Waals surface area contributed by atoms with E-state index in [4.69, 9.17) is 28.9 Å². The summed E-state index contributed by atoms with van der Waals surface area (Å²) in [5.41, 5.74) is 5.60. The van der Waals surface area contributed by atoms with Gasteiger partial charge in [0.2, 0.25) is 0 Å². The van der Waals surface area contributed by atoms with Crippen molar-refractivity contribution in [1.82, 2.24) is 5.32 Å². The van der Waals surface area contributed by atoms with Crippen LogP contribution in [0.2, 0.25) is 10.0 Å². The van der Waals surface area contributed by atoms with E-state index in [1.807, 2.05) is 6.92 Å². The Labute approximate surface area is 109 Å². The fourth-order valence-corrected chi connectivity index (χ4v) is 1.67. The Morgan fingerprint density at radius 2 is 2.12 bits per heavy atom. The monoisotopic (exact) mass is 278 g/mol. The maximum Gasteiger partial charge on any atom is 0.252 e. The second-order valence-corrected chi connectivity index (χ2v) is 4.58. The molecular formula is C11H13Cl2FN2O. The molecule has 0 saturated carbocycles. The van der Waals surface area contributed by atoms with Gasteiger partial charge in [-0.25, -0.2) is 4.39 Å². The molecule has 0 heterocycles. The van der Waals surface area contributed by atoms with Crippen molar-refractivity contribution in [2.45, 2.75) is 19.4 Å². The second-order valence-electron chi connectivity index (χ2n) is 3.77. The van der Waals surface area contributed by atoms with Gasteiger partial charge in [0.1, 0.15) is 5.82 Å². The van der Waals surface area contributed by atoms with Crippen LogP contribution in [-0.2, 0) is 0 Å². The van der Waals surface area contributed by atoms with Gasteiger partial charge in [0.05, 0.1) is 15.6 Å². The molecule has 3 N–H and O–H groups in total. The smallest absolute Gasteiger partial charge is 0.252 e. The number of hydrogen-bond donors (Lipinski definition) is 2. The van der Waals surface area contributed by atoms with Gasteiger partial charge >= 0.3 is 0 Å². The zero-order valence-electron chi connectivity index (χ0n) is 9.27. The Kier molecular flexibility index (Phi) is 5.18. The van der Waals surface area contributed by atoms with Crippen LogP contribution in [0.3, 0.4) is 0 Å². The molecule has 0 bridgehead atoms. The van der Waals surface area contributed by atoms with Crippen LogP contribution in [0.25, 0.3) is 0 Å². The van der Waals surface area contributed by atoms with E-state index in [2.05, 4.69) is 5.32 Å². The van der Waals surface area contributed by atoms with Crippen LogP contribution in [0.1, 0.15) is 23.7 Å². The van der Waals surface area contributed by atoms with Crippen molar-refractivity contribution in [3.05, 3.63) is 33.6 Å². The van der Waals surface area contributed by atoms with Crippen molar-refractivity contribution >= 4 is 29.1 Å². The van der Waals surface area contributed by atoms with E-state index in [0.29, 0.717) is 13.0 Å². The summed E-state index contributed by atoms with van der Waals surface area (Å²) in [7, 11) is 0. The van der Waals surface area contributed by atoms with Gasteiger partial charge in [-0.1, -0.05) is 23.2 Å². The second kappa shape index (κ2) is 6.19. The lowest BCUT2D eigenvalue weighted by molar-refractivity contribution is 0.0952. The summed E-state index contributed by atoms with van der Waals surface area (Å²) in [5.74, 6) is -1.11. The third-order valence-electron chi connectivity index (χ3n) is 2.14. The highest BCUT2D eigenvalue weighted by atomic mass is 35.5. The fraction of sp³-hybridized carbons (Fsp3) is 0.364. The number of halogens is 3. The molecule has 94 valence electrons. The predicted molar refractivity (Wildman–Crippen MR) is 67.0 cm³/mol. The number of benzene rings is 1. The molecule has 0 aliphatic carbocycles. The van der Waals surface area contributed by atoms with Gasteiger partial charge in [0.15, 0.2) is 0 Å². The Morgan fingerprint density at radius 3 is 2.71 bits per heavy atom. The molecule has 1 rings (SSSR count). The molecule has 0 aromatic heterocycles. The Hall–Kier alpha value is -0.840. The molecule has 0 aliphatic rings. The van der Waals surface area contributed by atoms with Crippen LogP contribution in [-0.4, -0.2) is 18.5 Å². The summed E-state index contributed by atoms with van der Waals surface area (Å²) in [6.45, 7) is 2.25. The van der Waals surface area contributed by atoms with E-state index < -0.39 is 11.7 Å². The molecule has 3 nitrogen and oxygen atoms in total. The van der Waals surface area contributed by atoms with Gasteiger partial charge in [-0.05, 0) is 25.5 Å². The molecule has 1 amide bonds. The Bertz CT molecular complexity index is 424. The van der Waals surface area contributed by atoms with Crippen LogP contribution in [0.15, 0.2) is 12.1 Å². The average molecular weight is 279 g/mol. The highest BCUT2D eigenvalue weighted by molar-refractivity contribution is 6.36. The summed E-state index contributed by atoms with van der Waals surface area (Å²) in [5, 5.41) is 2.62. The van der Waals surface area contributed by atoms with Crippen molar-refractivity contribution in [2.24, 2.45) is 5.73 Å². The first-order chi connectivity index (χ1) is 7.91. The van der Waals surface area contributed by atoms with E-state index in [1.54, 1.807) is 0 Å². The van der Waals surface area contributed by atoms with Crippen LogP contribution < -0.4 is 11.1 Å². The molecule has 1 unspecified atom stereocenters. The number of amides is 1. The van der Waals surface area contributed by atoms with E-state index in [1.165, 1.54) is 6.07 Å². The summed E-state index contributed by atoms with van der Waals surface area (Å²) in [4.78, 5) is 11.7. The molecule has 0 radical (unpaired) electrons. The molecule has 17 heavy (non-hydrogen) atoms. The number of hydrogen-bond acceptors (Lipinski definition) is 2. The molecule has 1 aromatic carbocycles. The molecule has 0 fully saturated rings. The average Bonchev–Trinajstić information content (AvgIpc) is 2.22. The molecular weight excluding hydrogens is 266 g/mol. The normalized spacial score (nSPS) is 12.3. The summed E-state index contributed by atoms with van der Waals surface area (Å²) in [6.07, 6.45) is 0.638. The predicted octanol–water partition coefficient (Wildman–Crippen LogP) is 2.60. The van der Waals surface area contributed by atoms with Crippen LogP contribution in [0.5, 0.6) is 0 Å².